The molecule has 0 saturated carbocycles. The molecule has 0 bridgehead atoms. The molecule has 0 aliphatic heterocycles. The van der Waals surface area contributed by atoms with Gasteiger partial charge in [0.25, 0.3) is 0 Å². The fourth-order valence-electron chi connectivity index (χ4n) is 0.322. The Bertz CT molecular complexity index is 97.0. The van der Waals surface area contributed by atoms with Crippen molar-refractivity contribution < 1.29 is 4.74 Å². The molecule has 52 valence electrons. The van der Waals surface area contributed by atoms with Crippen LogP contribution >= 0.6 is 24.4 Å². The predicted octanol–water partition coefficient (Wildman–Crippen LogP) is 1.20. The molecular formula is C5H9NOS2. The van der Waals surface area contributed by atoms with E-state index >= 15 is 0 Å². The van der Waals surface area contributed by atoms with Crippen LogP contribution in [0.1, 0.15) is 6.92 Å². The normalized spacial score (nSPS) is 8.11. The lowest BCUT2D eigenvalue weighted by atomic mass is 10.7. The number of ether oxygens (including phenoxy) is 1. The topological polar surface area (TPSA) is 12.5 Å². The van der Waals surface area contributed by atoms with E-state index in [1.54, 1.807) is 5.49 Å². The second-order valence-electron chi connectivity index (χ2n) is 1.40. The van der Waals surface area contributed by atoms with Crippen LogP contribution in [0.2, 0.25) is 0 Å². The first-order chi connectivity index (χ1) is 4.35. The van der Waals surface area contributed by atoms with Gasteiger partial charge in [0, 0.05) is 6.54 Å². The van der Waals surface area contributed by atoms with Crippen molar-refractivity contribution >= 4 is 35.5 Å². The van der Waals surface area contributed by atoms with Crippen LogP contribution in [0, 0.1) is 0 Å². The lowest BCUT2D eigenvalue weighted by Crippen LogP contribution is -2.22. The highest BCUT2D eigenvalue weighted by Gasteiger charge is 1.90. The first-order valence-electron chi connectivity index (χ1n) is 2.59. The molecule has 0 aliphatic carbocycles. The average molecular weight is 163 g/mol. The average Bonchev–Trinajstić information content (AvgIpc) is 1.91. The summed E-state index contributed by atoms with van der Waals surface area (Å²) in [5.41, 5.74) is 2.79. The standard InChI is InChI=1S/C5H9NOS2/c1-2-6(4-8)3-7-5-9/h4-5H,2-3H2,1H3. The fraction of sp³-hybridized carbons (Fsp3) is 0.600. The van der Waals surface area contributed by atoms with Crippen LogP contribution in [0.15, 0.2) is 0 Å². The van der Waals surface area contributed by atoms with Gasteiger partial charge in [0.15, 0.2) is 6.73 Å². The van der Waals surface area contributed by atoms with Crippen molar-refractivity contribution in [3.05, 3.63) is 0 Å². The van der Waals surface area contributed by atoms with Gasteiger partial charge in [-0.2, -0.15) is 0 Å². The lowest BCUT2D eigenvalue weighted by molar-refractivity contribution is 0.206. The summed E-state index contributed by atoms with van der Waals surface area (Å²) in [6.45, 7) is 3.31. The van der Waals surface area contributed by atoms with E-state index in [2.05, 4.69) is 24.4 Å². The maximum Gasteiger partial charge on any atom is 0.162 e. The molecule has 2 nitrogen and oxygen atoms in total. The third-order valence-corrected chi connectivity index (χ3v) is 1.30. The quantitative estimate of drug-likeness (QED) is 0.446. The van der Waals surface area contributed by atoms with Gasteiger partial charge in [-0.05, 0) is 19.1 Å². The molecule has 0 N–H and O–H groups in total. The van der Waals surface area contributed by atoms with Crippen LogP contribution in [0.3, 0.4) is 0 Å². The zero-order chi connectivity index (χ0) is 7.11. The SMILES string of the molecule is CCN(C=S)COC=S. The number of rotatable bonds is 5. The van der Waals surface area contributed by atoms with Crippen LogP contribution in [0.4, 0.5) is 0 Å². The van der Waals surface area contributed by atoms with E-state index in [0.717, 1.165) is 6.54 Å². The minimum atomic E-state index is 0.462. The van der Waals surface area contributed by atoms with Gasteiger partial charge >= 0.3 is 0 Å². The van der Waals surface area contributed by atoms with Gasteiger partial charge in [-0.1, -0.05) is 12.2 Å². The zero-order valence-electron chi connectivity index (χ0n) is 5.24. The van der Waals surface area contributed by atoms with Gasteiger partial charge in [-0.15, -0.1) is 0 Å². The summed E-state index contributed by atoms with van der Waals surface area (Å²) in [5, 5.41) is 0. The first-order valence-corrected chi connectivity index (χ1v) is 3.54. The van der Waals surface area contributed by atoms with Crippen LogP contribution in [-0.2, 0) is 4.74 Å². The Hall–Kier alpha value is -0.220. The third-order valence-electron chi connectivity index (χ3n) is 0.864. The molecule has 0 aromatic rings. The van der Waals surface area contributed by atoms with Crippen molar-refractivity contribution in [3.8, 4) is 0 Å². The van der Waals surface area contributed by atoms with Gasteiger partial charge in [-0.3, -0.25) is 0 Å². The van der Waals surface area contributed by atoms with Crippen molar-refractivity contribution in [1.82, 2.24) is 4.90 Å². The van der Waals surface area contributed by atoms with Crippen molar-refractivity contribution in [3.63, 3.8) is 0 Å². The third kappa shape index (κ3) is 4.29. The summed E-state index contributed by atoms with van der Waals surface area (Å²) in [6.07, 6.45) is 0. The largest absolute Gasteiger partial charge is 0.469 e. The Balaban J connectivity index is 3.30. The molecule has 0 atom stereocenters. The molecule has 0 spiro atoms. The summed E-state index contributed by atoms with van der Waals surface area (Å²) < 4.78 is 4.80. The number of hydrogen-bond donors (Lipinski definition) is 0. The Labute approximate surface area is 65.8 Å². The van der Waals surface area contributed by atoms with Crippen molar-refractivity contribution in [2.45, 2.75) is 6.92 Å². The van der Waals surface area contributed by atoms with E-state index in [0.29, 0.717) is 6.73 Å². The van der Waals surface area contributed by atoms with Crippen LogP contribution in [0.5, 0.6) is 0 Å². The fourth-order valence-corrected chi connectivity index (χ4v) is 0.593. The maximum atomic E-state index is 4.80. The molecule has 0 aromatic carbocycles. The van der Waals surface area contributed by atoms with E-state index in [1.807, 2.05) is 11.8 Å². The number of nitrogens with zero attached hydrogens (tertiary/aromatic N) is 1. The van der Waals surface area contributed by atoms with Gasteiger partial charge in [-0.25, -0.2) is 0 Å². The van der Waals surface area contributed by atoms with Crippen LogP contribution in [0.25, 0.3) is 0 Å². The lowest BCUT2D eigenvalue weighted by Gasteiger charge is -2.13. The van der Waals surface area contributed by atoms with E-state index in [1.165, 1.54) is 5.55 Å². The predicted molar refractivity (Wildman–Crippen MR) is 45.6 cm³/mol. The zero-order valence-corrected chi connectivity index (χ0v) is 6.87. The van der Waals surface area contributed by atoms with Crippen molar-refractivity contribution in [2.75, 3.05) is 13.3 Å². The Kier molecular flexibility index (Phi) is 5.76. The van der Waals surface area contributed by atoms with Gasteiger partial charge < -0.3 is 9.64 Å². The molecule has 0 fully saturated rings. The second kappa shape index (κ2) is 5.91. The molecule has 0 radical (unpaired) electrons. The van der Waals surface area contributed by atoms with Gasteiger partial charge in [0.05, 0.1) is 5.49 Å². The molecule has 0 aliphatic rings. The minimum absolute atomic E-state index is 0.462. The highest BCUT2D eigenvalue weighted by atomic mass is 32.1. The van der Waals surface area contributed by atoms with Crippen molar-refractivity contribution in [2.24, 2.45) is 0 Å². The molecule has 4 heteroatoms. The monoisotopic (exact) mass is 163 g/mol. The maximum absolute atomic E-state index is 4.80. The van der Waals surface area contributed by atoms with Gasteiger partial charge in [0.2, 0.25) is 0 Å². The van der Waals surface area contributed by atoms with E-state index in [9.17, 15) is 0 Å². The minimum Gasteiger partial charge on any atom is -0.469 e. The molecule has 0 heterocycles. The first kappa shape index (κ1) is 8.78. The number of thiocarbonyl (C=S) groups is 2. The van der Waals surface area contributed by atoms with E-state index in [4.69, 9.17) is 4.74 Å². The van der Waals surface area contributed by atoms with E-state index < -0.39 is 0 Å². The van der Waals surface area contributed by atoms with Crippen LogP contribution < -0.4 is 0 Å². The number of hydrogen-bond acceptors (Lipinski definition) is 3. The molecule has 0 rings (SSSR count). The summed E-state index contributed by atoms with van der Waals surface area (Å²) in [7, 11) is 0. The highest BCUT2D eigenvalue weighted by Crippen LogP contribution is 1.81. The summed E-state index contributed by atoms with van der Waals surface area (Å²) in [6, 6.07) is 0. The van der Waals surface area contributed by atoms with Crippen LogP contribution in [-0.4, -0.2) is 29.2 Å². The molecule has 0 amide bonds. The highest BCUT2D eigenvalue weighted by molar-refractivity contribution is 7.79. The van der Waals surface area contributed by atoms with Crippen molar-refractivity contribution in [1.29, 1.82) is 0 Å². The molecular weight excluding hydrogens is 154 g/mol. The smallest absolute Gasteiger partial charge is 0.162 e. The summed E-state index contributed by atoms with van der Waals surface area (Å²) >= 11 is 9.10. The summed E-state index contributed by atoms with van der Waals surface area (Å²) in [4.78, 5) is 1.83. The molecule has 9 heavy (non-hydrogen) atoms. The summed E-state index contributed by atoms with van der Waals surface area (Å²) in [5.74, 6) is 0. The van der Waals surface area contributed by atoms with Gasteiger partial charge in [0.1, 0.15) is 5.55 Å². The van der Waals surface area contributed by atoms with E-state index in [-0.39, 0.29) is 0 Å². The Morgan fingerprint density at radius 2 is 2.22 bits per heavy atom. The molecule has 0 unspecified atom stereocenters. The Morgan fingerprint density at radius 1 is 1.56 bits per heavy atom. The molecule has 0 saturated heterocycles. The second-order valence-corrected chi connectivity index (χ2v) is 1.81. The Morgan fingerprint density at radius 3 is 2.56 bits per heavy atom. The molecule has 0 aromatic heterocycles.